The van der Waals surface area contributed by atoms with Crippen LogP contribution in [0.1, 0.15) is 46.5 Å². The van der Waals surface area contributed by atoms with Gasteiger partial charge in [0.2, 0.25) is 5.91 Å². The van der Waals surface area contributed by atoms with E-state index in [1.54, 1.807) is 0 Å². The summed E-state index contributed by atoms with van der Waals surface area (Å²) in [5.74, 6) is 0.833. The highest BCUT2D eigenvalue weighted by Crippen LogP contribution is 2.50. The lowest BCUT2D eigenvalue weighted by Gasteiger charge is -2.27. The van der Waals surface area contributed by atoms with Crippen molar-refractivity contribution in [2.24, 2.45) is 11.8 Å². The van der Waals surface area contributed by atoms with E-state index < -0.39 is 11.7 Å². The van der Waals surface area contributed by atoms with Gasteiger partial charge in [0.25, 0.3) is 0 Å². The highest BCUT2D eigenvalue weighted by Gasteiger charge is 2.53. The van der Waals surface area contributed by atoms with E-state index in [-0.39, 0.29) is 11.9 Å². The van der Waals surface area contributed by atoms with E-state index in [2.05, 4.69) is 6.08 Å². The summed E-state index contributed by atoms with van der Waals surface area (Å²) in [5.41, 5.74) is 0.749. The molecule has 4 heteroatoms. The standard InChI is InChI=1S/C15H21NO3/c1-15(2,3)19-14(18)16-12(17)8-10-7-9-5-4-6-11(9)13(10)16/h6,9-10,13H,4-5,7-8H2,1-3H3/t9-,10+,13?/m0/s1. The molecule has 1 unspecified atom stereocenters. The summed E-state index contributed by atoms with van der Waals surface area (Å²) in [6.07, 6.45) is 5.57. The van der Waals surface area contributed by atoms with Gasteiger partial charge in [0.15, 0.2) is 0 Å². The summed E-state index contributed by atoms with van der Waals surface area (Å²) >= 11 is 0. The number of hydrogen-bond donors (Lipinski definition) is 0. The molecule has 3 aliphatic rings. The number of nitrogens with zero attached hydrogens (tertiary/aromatic N) is 1. The van der Waals surface area contributed by atoms with E-state index in [4.69, 9.17) is 4.74 Å². The SMILES string of the molecule is CC(C)(C)OC(=O)N1C(=O)C[C@H]2C[C@@H]3CCC=C3C21. The fourth-order valence-electron chi connectivity index (χ4n) is 3.73. The topological polar surface area (TPSA) is 46.6 Å². The van der Waals surface area contributed by atoms with Crippen molar-refractivity contribution >= 4 is 12.0 Å². The molecule has 0 radical (unpaired) electrons. The number of amides is 2. The van der Waals surface area contributed by atoms with Crippen LogP contribution in [0.4, 0.5) is 4.79 Å². The molecule has 0 bridgehead atoms. The molecule has 1 heterocycles. The van der Waals surface area contributed by atoms with Crippen LogP contribution in [0.25, 0.3) is 0 Å². The Morgan fingerprint density at radius 1 is 1.42 bits per heavy atom. The molecule has 2 aliphatic carbocycles. The maximum Gasteiger partial charge on any atom is 0.417 e. The summed E-state index contributed by atoms with van der Waals surface area (Å²) < 4.78 is 5.39. The van der Waals surface area contributed by atoms with E-state index in [0.29, 0.717) is 18.3 Å². The summed E-state index contributed by atoms with van der Waals surface area (Å²) in [5, 5.41) is 0. The third kappa shape index (κ3) is 2.07. The first-order valence-electron chi connectivity index (χ1n) is 7.12. The Kier molecular flexibility index (Phi) is 2.73. The highest BCUT2D eigenvalue weighted by atomic mass is 16.6. The lowest BCUT2D eigenvalue weighted by atomic mass is 10.0. The zero-order valence-corrected chi connectivity index (χ0v) is 11.8. The second kappa shape index (κ2) is 4.09. The molecule has 3 atom stereocenters. The van der Waals surface area contributed by atoms with Crippen molar-refractivity contribution < 1.29 is 14.3 Å². The summed E-state index contributed by atoms with van der Waals surface area (Å²) in [6.45, 7) is 5.49. The molecule has 0 aromatic carbocycles. The molecule has 3 rings (SSSR count). The van der Waals surface area contributed by atoms with Crippen LogP contribution in [0, 0.1) is 11.8 Å². The van der Waals surface area contributed by atoms with E-state index >= 15 is 0 Å². The molecule has 4 nitrogen and oxygen atoms in total. The van der Waals surface area contributed by atoms with Gasteiger partial charge in [-0.2, -0.15) is 0 Å². The Morgan fingerprint density at radius 3 is 2.84 bits per heavy atom. The monoisotopic (exact) mass is 263 g/mol. The van der Waals surface area contributed by atoms with Crippen molar-refractivity contribution in [2.75, 3.05) is 0 Å². The van der Waals surface area contributed by atoms with Gasteiger partial charge < -0.3 is 4.74 Å². The fraction of sp³-hybridized carbons (Fsp3) is 0.733. The smallest absolute Gasteiger partial charge is 0.417 e. The van der Waals surface area contributed by atoms with Crippen molar-refractivity contribution in [3.8, 4) is 0 Å². The second-order valence-electron chi connectivity index (χ2n) is 6.87. The van der Waals surface area contributed by atoms with Gasteiger partial charge in [-0.3, -0.25) is 4.79 Å². The maximum absolute atomic E-state index is 12.3. The van der Waals surface area contributed by atoms with Gasteiger partial charge in [-0.15, -0.1) is 0 Å². The Hall–Kier alpha value is -1.32. The fourth-order valence-corrected chi connectivity index (χ4v) is 3.73. The summed E-state index contributed by atoms with van der Waals surface area (Å²) in [4.78, 5) is 25.7. The molecule has 0 N–H and O–H groups in total. The molecule has 104 valence electrons. The average Bonchev–Trinajstić information content (AvgIpc) is 2.84. The molecular weight excluding hydrogens is 242 g/mol. The number of fused-ring (bicyclic) bond motifs is 3. The molecule has 0 aromatic rings. The Balaban J connectivity index is 1.84. The second-order valence-corrected chi connectivity index (χ2v) is 6.87. The van der Waals surface area contributed by atoms with Gasteiger partial charge in [0.05, 0.1) is 6.04 Å². The minimum atomic E-state index is -0.558. The molecule has 0 spiro atoms. The molecule has 0 aromatic heterocycles. The van der Waals surface area contributed by atoms with Gasteiger partial charge in [0.1, 0.15) is 5.60 Å². The van der Waals surface area contributed by atoms with Crippen LogP contribution in [0.2, 0.25) is 0 Å². The van der Waals surface area contributed by atoms with Crippen LogP contribution in [0.15, 0.2) is 11.6 Å². The largest absolute Gasteiger partial charge is 0.443 e. The van der Waals surface area contributed by atoms with Gasteiger partial charge in [0, 0.05) is 6.42 Å². The average molecular weight is 263 g/mol. The number of rotatable bonds is 0. The first-order valence-corrected chi connectivity index (χ1v) is 7.12. The molecule has 1 saturated carbocycles. The Labute approximate surface area is 113 Å². The highest BCUT2D eigenvalue weighted by molar-refractivity contribution is 5.95. The molecule has 1 aliphatic heterocycles. The third-order valence-corrected chi connectivity index (χ3v) is 4.32. The number of allylic oxidation sites excluding steroid dienone is 1. The first kappa shape index (κ1) is 12.7. The number of carbonyl (C=O) groups excluding carboxylic acids is 2. The van der Waals surface area contributed by atoms with Gasteiger partial charge in [-0.25, -0.2) is 9.69 Å². The Morgan fingerprint density at radius 2 is 2.16 bits per heavy atom. The third-order valence-electron chi connectivity index (χ3n) is 4.32. The Bertz CT molecular complexity index is 461. The van der Waals surface area contributed by atoms with Crippen LogP contribution in [-0.2, 0) is 9.53 Å². The first-order chi connectivity index (χ1) is 8.87. The van der Waals surface area contributed by atoms with Crippen LogP contribution in [-0.4, -0.2) is 28.5 Å². The van der Waals surface area contributed by atoms with Crippen LogP contribution < -0.4 is 0 Å². The number of ether oxygens (including phenoxy) is 1. The predicted molar refractivity (Wildman–Crippen MR) is 70.4 cm³/mol. The molecule has 1 saturated heterocycles. The summed E-state index contributed by atoms with van der Waals surface area (Å²) in [7, 11) is 0. The van der Waals surface area contributed by atoms with Crippen molar-refractivity contribution in [3.05, 3.63) is 11.6 Å². The minimum Gasteiger partial charge on any atom is -0.443 e. The quantitative estimate of drug-likeness (QED) is 0.631. The number of imide groups is 1. The minimum absolute atomic E-state index is 0.0187. The lowest BCUT2D eigenvalue weighted by Crippen LogP contribution is -2.43. The summed E-state index contributed by atoms with van der Waals surface area (Å²) in [6, 6.07) is -0.0187. The predicted octanol–water partition coefficient (Wildman–Crippen LogP) is 2.88. The molecule has 2 amide bonds. The zero-order valence-electron chi connectivity index (χ0n) is 11.8. The number of hydrogen-bond acceptors (Lipinski definition) is 3. The van der Waals surface area contributed by atoms with Crippen LogP contribution >= 0.6 is 0 Å². The number of likely N-dealkylation sites (tertiary alicyclic amines) is 1. The lowest BCUT2D eigenvalue weighted by molar-refractivity contribution is -0.127. The van der Waals surface area contributed by atoms with E-state index in [9.17, 15) is 9.59 Å². The van der Waals surface area contributed by atoms with Crippen molar-refractivity contribution in [2.45, 2.75) is 58.1 Å². The van der Waals surface area contributed by atoms with Gasteiger partial charge in [-0.1, -0.05) is 6.08 Å². The van der Waals surface area contributed by atoms with E-state index in [0.717, 1.165) is 12.8 Å². The van der Waals surface area contributed by atoms with Crippen molar-refractivity contribution in [1.82, 2.24) is 4.90 Å². The molecule has 2 fully saturated rings. The van der Waals surface area contributed by atoms with E-state index in [1.165, 1.54) is 16.9 Å². The van der Waals surface area contributed by atoms with Crippen molar-refractivity contribution in [3.63, 3.8) is 0 Å². The van der Waals surface area contributed by atoms with Crippen molar-refractivity contribution in [1.29, 1.82) is 0 Å². The maximum atomic E-state index is 12.3. The van der Waals surface area contributed by atoms with E-state index in [1.807, 2.05) is 20.8 Å². The normalized spacial score (nSPS) is 33.2. The zero-order chi connectivity index (χ0) is 13.8. The molecule has 19 heavy (non-hydrogen) atoms. The van der Waals surface area contributed by atoms with Gasteiger partial charge >= 0.3 is 6.09 Å². The van der Waals surface area contributed by atoms with Gasteiger partial charge in [-0.05, 0) is 57.4 Å². The number of carbonyl (C=O) groups is 2. The van der Waals surface area contributed by atoms with Crippen LogP contribution in [0.5, 0.6) is 0 Å². The molecular formula is C15H21NO3. The van der Waals surface area contributed by atoms with Crippen LogP contribution in [0.3, 0.4) is 0 Å².